The van der Waals surface area contributed by atoms with Gasteiger partial charge in [0.1, 0.15) is 0 Å². The highest BCUT2D eigenvalue weighted by molar-refractivity contribution is 7.99. The number of halogens is 1. The molecule has 1 aromatic carbocycles. The van der Waals surface area contributed by atoms with Crippen LogP contribution in [0.4, 0.5) is 4.39 Å². The van der Waals surface area contributed by atoms with Crippen LogP contribution in [0.5, 0.6) is 5.75 Å². The molecule has 1 aliphatic heterocycles. The van der Waals surface area contributed by atoms with E-state index in [1.54, 1.807) is 12.1 Å². The second kappa shape index (κ2) is 7.86. The number of thioether (sulfide) groups is 1. The lowest BCUT2D eigenvalue weighted by Crippen LogP contribution is -2.46. The molecular weight excluding hydrogens is 277 g/mol. The van der Waals surface area contributed by atoms with Crippen molar-refractivity contribution in [2.75, 3.05) is 31.8 Å². The second-order valence-electron chi connectivity index (χ2n) is 4.82. The van der Waals surface area contributed by atoms with E-state index in [1.807, 2.05) is 17.8 Å². The van der Waals surface area contributed by atoms with Gasteiger partial charge < -0.3 is 14.8 Å². The topological polar surface area (TPSA) is 30.5 Å². The lowest BCUT2D eigenvalue weighted by molar-refractivity contribution is 0.0476. The van der Waals surface area contributed by atoms with Crippen molar-refractivity contribution in [3.63, 3.8) is 0 Å². The average molecular weight is 299 g/mol. The number of benzene rings is 1. The van der Waals surface area contributed by atoms with Gasteiger partial charge in [-0.3, -0.25) is 0 Å². The molecule has 0 saturated carbocycles. The van der Waals surface area contributed by atoms with Gasteiger partial charge in [-0.05, 0) is 30.7 Å². The fourth-order valence-electron chi connectivity index (χ4n) is 2.43. The van der Waals surface area contributed by atoms with Crippen LogP contribution >= 0.6 is 11.8 Å². The van der Waals surface area contributed by atoms with Crippen LogP contribution in [0.25, 0.3) is 0 Å². The predicted octanol–water partition coefficient (Wildman–Crippen LogP) is 2.49. The molecule has 20 heavy (non-hydrogen) atoms. The van der Waals surface area contributed by atoms with Gasteiger partial charge in [0.05, 0.1) is 19.8 Å². The van der Waals surface area contributed by atoms with Crippen molar-refractivity contribution in [3.05, 3.63) is 29.6 Å². The number of rotatable bonds is 6. The van der Waals surface area contributed by atoms with E-state index in [0.717, 1.165) is 36.6 Å². The quantitative estimate of drug-likeness (QED) is 0.874. The summed E-state index contributed by atoms with van der Waals surface area (Å²) in [5.41, 5.74) is 0.966. The molecule has 2 unspecified atom stereocenters. The van der Waals surface area contributed by atoms with E-state index in [2.05, 4.69) is 12.2 Å². The standard InChI is InChI=1S/C15H22FNO2S/c1-3-17-13(15-10-20-7-6-19-15)9-11-4-5-14(18-2)12(16)8-11/h4-5,8,13,15,17H,3,6-7,9-10H2,1-2H3. The van der Waals surface area contributed by atoms with Gasteiger partial charge in [-0.25, -0.2) is 4.39 Å². The number of hydrogen-bond donors (Lipinski definition) is 1. The summed E-state index contributed by atoms with van der Waals surface area (Å²) in [7, 11) is 1.48. The van der Waals surface area contributed by atoms with Gasteiger partial charge in [0.15, 0.2) is 11.6 Å². The number of nitrogens with one attached hydrogen (secondary N) is 1. The molecular formula is C15H22FNO2S. The Labute approximate surface area is 124 Å². The molecule has 3 nitrogen and oxygen atoms in total. The summed E-state index contributed by atoms with van der Waals surface area (Å²) >= 11 is 1.92. The van der Waals surface area contributed by atoms with Crippen molar-refractivity contribution in [2.45, 2.75) is 25.5 Å². The van der Waals surface area contributed by atoms with Gasteiger partial charge in [-0.15, -0.1) is 0 Å². The van der Waals surface area contributed by atoms with Crippen LogP contribution in [-0.2, 0) is 11.2 Å². The minimum absolute atomic E-state index is 0.193. The van der Waals surface area contributed by atoms with Crippen molar-refractivity contribution in [3.8, 4) is 5.75 Å². The van der Waals surface area contributed by atoms with Gasteiger partial charge in [0.25, 0.3) is 0 Å². The van der Waals surface area contributed by atoms with E-state index in [9.17, 15) is 4.39 Å². The van der Waals surface area contributed by atoms with Crippen LogP contribution in [0.3, 0.4) is 0 Å². The first-order valence-corrected chi connectivity index (χ1v) is 8.15. The molecule has 1 aliphatic rings. The van der Waals surface area contributed by atoms with E-state index >= 15 is 0 Å². The van der Waals surface area contributed by atoms with E-state index in [0.29, 0.717) is 5.75 Å². The molecule has 0 radical (unpaired) electrons. The van der Waals surface area contributed by atoms with Gasteiger partial charge in [-0.2, -0.15) is 11.8 Å². The lowest BCUT2D eigenvalue weighted by atomic mass is 10.0. The van der Waals surface area contributed by atoms with E-state index in [-0.39, 0.29) is 18.0 Å². The molecule has 0 amide bonds. The first-order chi connectivity index (χ1) is 9.74. The van der Waals surface area contributed by atoms with Crippen LogP contribution in [0.15, 0.2) is 18.2 Å². The Morgan fingerprint density at radius 2 is 2.40 bits per heavy atom. The third kappa shape index (κ3) is 4.11. The van der Waals surface area contributed by atoms with Gasteiger partial charge >= 0.3 is 0 Å². The molecule has 1 heterocycles. The fourth-order valence-corrected chi connectivity index (χ4v) is 3.37. The van der Waals surface area contributed by atoms with Crippen LogP contribution in [0, 0.1) is 5.82 Å². The summed E-state index contributed by atoms with van der Waals surface area (Å²) in [5.74, 6) is 2.04. The number of hydrogen-bond acceptors (Lipinski definition) is 4. The lowest BCUT2D eigenvalue weighted by Gasteiger charge is -2.31. The normalized spacial score (nSPS) is 20.6. The van der Waals surface area contributed by atoms with Crippen molar-refractivity contribution in [2.24, 2.45) is 0 Å². The predicted molar refractivity (Wildman–Crippen MR) is 81.2 cm³/mol. The SMILES string of the molecule is CCNC(Cc1ccc(OC)c(F)c1)C1CSCCO1. The first kappa shape index (κ1) is 15.6. The Morgan fingerprint density at radius 1 is 1.55 bits per heavy atom. The molecule has 1 saturated heterocycles. The molecule has 0 bridgehead atoms. The number of ether oxygens (including phenoxy) is 2. The molecule has 2 rings (SSSR count). The molecule has 2 atom stereocenters. The minimum atomic E-state index is -0.306. The smallest absolute Gasteiger partial charge is 0.165 e. The maximum Gasteiger partial charge on any atom is 0.165 e. The fraction of sp³-hybridized carbons (Fsp3) is 0.600. The Hall–Kier alpha value is -0.780. The summed E-state index contributed by atoms with van der Waals surface area (Å²) in [6.07, 6.45) is 0.957. The van der Waals surface area contributed by atoms with Crippen LogP contribution in [0.1, 0.15) is 12.5 Å². The molecule has 5 heteroatoms. The zero-order valence-electron chi connectivity index (χ0n) is 12.0. The Bertz CT molecular complexity index is 424. The summed E-state index contributed by atoms with van der Waals surface area (Å²) in [6, 6.07) is 5.38. The molecule has 1 aromatic rings. The third-order valence-corrected chi connectivity index (χ3v) is 4.45. The maximum absolute atomic E-state index is 13.7. The monoisotopic (exact) mass is 299 g/mol. The zero-order valence-corrected chi connectivity index (χ0v) is 12.8. The van der Waals surface area contributed by atoms with E-state index in [1.165, 1.54) is 7.11 Å². The summed E-state index contributed by atoms with van der Waals surface area (Å²) in [5, 5.41) is 3.46. The molecule has 1 N–H and O–H groups in total. The molecule has 1 fully saturated rings. The van der Waals surface area contributed by atoms with Crippen molar-refractivity contribution in [1.29, 1.82) is 0 Å². The van der Waals surface area contributed by atoms with E-state index in [4.69, 9.17) is 9.47 Å². The second-order valence-corrected chi connectivity index (χ2v) is 5.97. The molecule has 112 valence electrons. The number of methoxy groups -OCH3 is 1. The van der Waals surface area contributed by atoms with E-state index < -0.39 is 0 Å². The highest BCUT2D eigenvalue weighted by Gasteiger charge is 2.24. The van der Waals surface area contributed by atoms with Crippen molar-refractivity contribution < 1.29 is 13.9 Å². The maximum atomic E-state index is 13.7. The average Bonchev–Trinajstić information content (AvgIpc) is 2.48. The summed E-state index contributed by atoms with van der Waals surface area (Å²) in [4.78, 5) is 0. The number of likely N-dealkylation sites (N-methyl/N-ethyl adjacent to an activating group) is 1. The van der Waals surface area contributed by atoms with Gasteiger partial charge in [-0.1, -0.05) is 13.0 Å². The van der Waals surface area contributed by atoms with Crippen LogP contribution < -0.4 is 10.1 Å². The Balaban J connectivity index is 2.04. The summed E-state index contributed by atoms with van der Waals surface area (Å²) < 4.78 is 24.5. The Kier molecular flexibility index (Phi) is 6.13. The minimum Gasteiger partial charge on any atom is -0.494 e. The van der Waals surface area contributed by atoms with Gasteiger partial charge in [0, 0.05) is 17.5 Å². The zero-order chi connectivity index (χ0) is 14.4. The molecule has 0 aliphatic carbocycles. The van der Waals surface area contributed by atoms with Crippen molar-refractivity contribution in [1.82, 2.24) is 5.32 Å². The highest BCUT2D eigenvalue weighted by atomic mass is 32.2. The molecule has 0 spiro atoms. The van der Waals surface area contributed by atoms with Gasteiger partial charge in [0.2, 0.25) is 0 Å². The third-order valence-electron chi connectivity index (χ3n) is 3.43. The Morgan fingerprint density at radius 3 is 3.00 bits per heavy atom. The molecule has 0 aromatic heterocycles. The van der Waals surface area contributed by atoms with Crippen molar-refractivity contribution >= 4 is 11.8 Å². The first-order valence-electron chi connectivity index (χ1n) is 6.99. The van der Waals surface area contributed by atoms with Crippen LogP contribution in [0.2, 0.25) is 0 Å². The highest BCUT2D eigenvalue weighted by Crippen LogP contribution is 2.21. The summed E-state index contributed by atoms with van der Waals surface area (Å²) in [6.45, 7) is 3.76. The van der Waals surface area contributed by atoms with Crippen LogP contribution in [-0.4, -0.2) is 43.9 Å². The largest absolute Gasteiger partial charge is 0.494 e.